The Morgan fingerprint density at radius 1 is 0.554 bits per heavy atom. The van der Waals surface area contributed by atoms with E-state index in [0.717, 1.165) is 77.0 Å². The van der Waals surface area contributed by atoms with Crippen LogP contribution in [0.15, 0.2) is 72.9 Å². The van der Waals surface area contributed by atoms with E-state index in [1.165, 1.54) is 89.9 Å². The Balaban J connectivity index is 5.55. The summed E-state index contributed by atoms with van der Waals surface area (Å²) < 4.78 is 30.4. The molecule has 0 aliphatic heterocycles. The largest absolute Gasteiger partial charge is 0.472 e. The molecule has 0 aliphatic carbocycles. The molecule has 1 amide bonds. The number of carbonyl (C=O) groups excluding carboxylic acids is 2. The number of quaternary nitrogens is 1. The molecule has 0 aromatic heterocycles. The summed E-state index contributed by atoms with van der Waals surface area (Å²) in [6, 6.07) is -0.882. The third-order valence-electron chi connectivity index (χ3n) is 11.1. The van der Waals surface area contributed by atoms with Crippen molar-refractivity contribution in [3.05, 3.63) is 72.9 Å². The molecule has 376 valence electrons. The average Bonchev–Trinajstić information content (AvgIpc) is 3.26. The fourth-order valence-electron chi connectivity index (χ4n) is 7.06. The lowest BCUT2D eigenvalue weighted by Crippen LogP contribution is -2.47. The van der Waals surface area contributed by atoms with E-state index in [-0.39, 0.29) is 25.5 Å². The molecule has 0 heterocycles. The van der Waals surface area contributed by atoms with Crippen molar-refractivity contribution in [2.24, 2.45) is 0 Å². The number of phosphoric ester groups is 1. The van der Waals surface area contributed by atoms with Crippen LogP contribution in [0.2, 0.25) is 0 Å². The van der Waals surface area contributed by atoms with Crippen LogP contribution in [0.1, 0.15) is 213 Å². The van der Waals surface area contributed by atoms with Gasteiger partial charge in [-0.3, -0.25) is 18.6 Å². The number of nitrogens with one attached hydrogen (secondary N) is 1. The Kier molecular flexibility index (Phi) is 43.5. The highest BCUT2D eigenvalue weighted by molar-refractivity contribution is 7.47. The van der Waals surface area contributed by atoms with Gasteiger partial charge in [-0.1, -0.05) is 190 Å². The maximum atomic E-state index is 13.4. The predicted molar refractivity (Wildman–Crippen MR) is 277 cm³/mol. The summed E-state index contributed by atoms with van der Waals surface area (Å²) in [6.45, 7) is 6.81. The van der Waals surface area contributed by atoms with Crippen LogP contribution in [0, 0.1) is 0 Å². The molecule has 0 bridgehead atoms. The van der Waals surface area contributed by atoms with Gasteiger partial charge in [0.15, 0.2) is 0 Å². The van der Waals surface area contributed by atoms with Crippen LogP contribution in [-0.4, -0.2) is 74.3 Å². The maximum absolute atomic E-state index is 13.4. The number of hydrogen-bond acceptors (Lipinski definition) is 6. The molecule has 3 atom stereocenters. The van der Waals surface area contributed by atoms with Crippen molar-refractivity contribution >= 4 is 19.7 Å². The van der Waals surface area contributed by atoms with Crippen molar-refractivity contribution in [3.8, 4) is 0 Å². The second-order valence-electron chi connectivity index (χ2n) is 18.7. The van der Waals surface area contributed by atoms with Gasteiger partial charge in [0, 0.05) is 12.8 Å². The van der Waals surface area contributed by atoms with E-state index in [2.05, 4.69) is 80.8 Å². The third-order valence-corrected chi connectivity index (χ3v) is 12.1. The minimum atomic E-state index is -4.46. The van der Waals surface area contributed by atoms with Gasteiger partial charge in [-0.25, -0.2) is 4.57 Å². The average molecular weight is 932 g/mol. The van der Waals surface area contributed by atoms with Crippen LogP contribution < -0.4 is 5.32 Å². The Morgan fingerprint density at radius 2 is 1.00 bits per heavy atom. The summed E-state index contributed by atoms with van der Waals surface area (Å²) in [4.78, 5) is 37.4. The van der Waals surface area contributed by atoms with Crippen LogP contribution in [0.3, 0.4) is 0 Å². The molecule has 10 heteroatoms. The number of ether oxygens (including phenoxy) is 1. The zero-order valence-electron chi connectivity index (χ0n) is 42.7. The highest BCUT2D eigenvalue weighted by Crippen LogP contribution is 2.43. The monoisotopic (exact) mass is 932 g/mol. The molecule has 0 spiro atoms. The van der Waals surface area contributed by atoms with Crippen molar-refractivity contribution in [1.82, 2.24) is 5.32 Å². The molecule has 0 aromatic carbocycles. The highest BCUT2D eigenvalue weighted by Gasteiger charge is 2.30. The molecule has 0 saturated heterocycles. The van der Waals surface area contributed by atoms with Crippen molar-refractivity contribution in [2.75, 3.05) is 40.9 Å². The van der Waals surface area contributed by atoms with Crippen LogP contribution >= 0.6 is 7.82 Å². The minimum absolute atomic E-state index is 0.0255. The van der Waals surface area contributed by atoms with E-state index in [0.29, 0.717) is 30.3 Å². The molecule has 9 nitrogen and oxygen atoms in total. The van der Waals surface area contributed by atoms with Gasteiger partial charge in [0.2, 0.25) is 5.91 Å². The number of allylic oxidation sites excluding steroid dienone is 11. The lowest BCUT2D eigenvalue weighted by molar-refractivity contribution is -0.870. The molecule has 2 N–H and O–H groups in total. The summed E-state index contributed by atoms with van der Waals surface area (Å²) in [5, 5.41) is 3.01. The van der Waals surface area contributed by atoms with Gasteiger partial charge in [0.1, 0.15) is 19.3 Å². The minimum Gasteiger partial charge on any atom is -0.456 e. The Hall–Kier alpha value is -2.55. The molecular weight excluding hydrogens is 832 g/mol. The fraction of sp³-hybridized carbons (Fsp3) is 0.745. The molecular formula is C55H100N2O7P+. The number of unbranched alkanes of at least 4 members (excludes halogenated alkanes) is 20. The van der Waals surface area contributed by atoms with Crippen LogP contribution in [0.4, 0.5) is 0 Å². The van der Waals surface area contributed by atoms with Gasteiger partial charge in [-0.15, -0.1) is 0 Å². The van der Waals surface area contributed by atoms with Crippen LogP contribution in [-0.2, 0) is 27.9 Å². The van der Waals surface area contributed by atoms with Crippen LogP contribution in [0.25, 0.3) is 0 Å². The van der Waals surface area contributed by atoms with E-state index >= 15 is 0 Å². The van der Waals surface area contributed by atoms with Gasteiger partial charge in [0.25, 0.3) is 0 Å². The highest BCUT2D eigenvalue weighted by atomic mass is 31.2. The number of phosphoric acid groups is 1. The van der Waals surface area contributed by atoms with Gasteiger partial charge in [-0.05, 0) is 83.1 Å². The molecule has 65 heavy (non-hydrogen) atoms. The van der Waals surface area contributed by atoms with E-state index < -0.39 is 25.9 Å². The first kappa shape index (κ1) is 62.4. The predicted octanol–water partition coefficient (Wildman–Crippen LogP) is 15.3. The molecule has 3 unspecified atom stereocenters. The van der Waals surface area contributed by atoms with E-state index in [1.54, 1.807) is 0 Å². The summed E-state index contributed by atoms with van der Waals surface area (Å²) in [5.41, 5.74) is 0. The SMILES string of the molecule is CC/C=C/C/C=C/C/C=C/CCCCCCC(=O)NC(COP(=O)(O)OCC[N+](C)(C)C)C(/C=C/CCCCCCCCCCCC)OC(=O)CC/C=C/C/C=C\CCCCCCCC. The fourth-order valence-corrected chi connectivity index (χ4v) is 7.80. The van der Waals surface area contributed by atoms with E-state index in [9.17, 15) is 19.0 Å². The first-order valence-electron chi connectivity index (χ1n) is 26.3. The summed E-state index contributed by atoms with van der Waals surface area (Å²) >= 11 is 0. The van der Waals surface area contributed by atoms with Gasteiger partial charge in [0.05, 0.1) is 33.8 Å². The zero-order chi connectivity index (χ0) is 48.0. The number of rotatable bonds is 46. The topological polar surface area (TPSA) is 111 Å². The van der Waals surface area contributed by atoms with Crippen LogP contribution in [0.5, 0.6) is 0 Å². The van der Waals surface area contributed by atoms with Crippen molar-refractivity contribution < 1.29 is 37.3 Å². The second-order valence-corrected chi connectivity index (χ2v) is 20.1. The second kappa shape index (κ2) is 45.2. The first-order valence-corrected chi connectivity index (χ1v) is 27.8. The Labute approximate surface area is 400 Å². The maximum Gasteiger partial charge on any atom is 0.472 e. The summed E-state index contributed by atoms with van der Waals surface area (Å²) in [7, 11) is 1.44. The van der Waals surface area contributed by atoms with E-state index in [1.807, 2.05) is 39.4 Å². The third kappa shape index (κ3) is 46.4. The number of esters is 1. The zero-order valence-corrected chi connectivity index (χ0v) is 43.6. The number of hydrogen-bond donors (Lipinski definition) is 2. The molecule has 0 saturated carbocycles. The lowest BCUT2D eigenvalue weighted by Gasteiger charge is -2.27. The normalized spacial score (nSPS) is 14.5. The molecule has 0 aliphatic rings. The van der Waals surface area contributed by atoms with Crippen molar-refractivity contribution in [2.45, 2.75) is 226 Å². The number of likely N-dealkylation sites (N-methyl/N-ethyl adjacent to an activating group) is 1. The molecule has 0 rings (SSSR count). The van der Waals surface area contributed by atoms with Gasteiger partial charge in [-0.2, -0.15) is 0 Å². The Morgan fingerprint density at radius 3 is 1.51 bits per heavy atom. The number of carbonyl (C=O) groups is 2. The van der Waals surface area contributed by atoms with Gasteiger partial charge < -0.3 is 19.4 Å². The van der Waals surface area contributed by atoms with Crippen molar-refractivity contribution in [1.29, 1.82) is 0 Å². The smallest absolute Gasteiger partial charge is 0.456 e. The first-order chi connectivity index (χ1) is 31.4. The number of nitrogens with zero attached hydrogens (tertiary/aromatic N) is 1. The molecule has 0 radical (unpaired) electrons. The Bertz CT molecular complexity index is 1350. The summed E-state index contributed by atoms with van der Waals surface area (Å²) in [6.07, 6.45) is 56.3. The number of amides is 1. The standard InChI is InChI=1S/C55H99N2O7P/c1-7-10-13-16-19-22-25-28-30-32-35-38-41-44-47-54(58)56-52(51-63-65(60,61)62-50-49-57(4,5)6)53(46-43-40-37-34-31-27-24-21-18-15-12-9-3)64-55(59)48-45-42-39-36-33-29-26-23-20-17-14-11-8-2/h10,13,19,22,28-30,33,39,42-43,46,52-53H,7-9,11-12,14-18,20-21,23-27,31-32,34-38,40-41,44-45,47-51H2,1-6H3,(H-,56,58,60,61)/p+1/b13-10+,22-19+,30-28+,33-29-,42-39+,46-43+. The molecule has 0 fully saturated rings. The van der Waals surface area contributed by atoms with Crippen molar-refractivity contribution in [3.63, 3.8) is 0 Å². The lowest BCUT2D eigenvalue weighted by atomic mass is 10.1. The van der Waals surface area contributed by atoms with E-state index in [4.69, 9.17) is 13.8 Å². The summed E-state index contributed by atoms with van der Waals surface area (Å²) in [5.74, 6) is -0.615. The van der Waals surface area contributed by atoms with Gasteiger partial charge >= 0.3 is 13.8 Å². The molecule has 0 aromatic rings. The quantitative estimate of drug-likeness (QED) is 0.0206.